The second-order valence-corrected chi connectivity index (χ2v) is 8.71. The van der Waals surface area contributed by atoms with E-state index in [1.54, 1.807) is 0 Å². The molecule has 1 amide bonds. The molecule has 150 valence electrons. The molecule has 0 radical (unpaired) electrons. The number of benzene rings is 2. The predicted molar refractivity (Wildman–Crippen MR) is 124 cm³/mol. The van der Waals surface area contributed by atoms with E-state index in [4.69, 9.17) is 5.73 Å². The number of carbonyl (C=O) groups excluding carboxylic acids is 1. The molecule has 29 heavy (non-hydrogen) atoms. The minimum absolute atomic E-state index is 0.0311. The maximum Gasteiger partial charge on any atom is 0.246 e. The van der Waals surface area contributed by atoms with Crippen molar-refractivity contribution in [2.45, 2.75) is 33.0 Å². The van der Waals surface area contributed by atoms with Crippen molar-refractivity contribution >= 4 is 39.4 Å². The van der Waals surface area contributed by atoms with Gasteiger partial charge in [0.05, 0.1) is 5.52 Å². The van der Waals surface area contributed by atoms with Gasteiger partial charge < -0.3 is 20.7 Å². The average Bonchev–Trinajstić information content (AvgIpc) is 3.00. The molecule has 0 spiro atoms. The SMILES string of the molecule is C=CC(=O)N1CCc2c(cccc2-c2c(I)cc(C(N)O)c3[nH]c(C)c(C)c23)C1. The summed E-state index contributed by atoms with van der Waals surface area (Å²) < 4.78 is 1.05. The minimum atomic E-state index is -1.04. The van der Waals surface area contributed by atoms with Crippen molar-refractivity contribution in [3.05, 3.63) is 68.4 Å². The molecule has 1 aliphatic rings. The molecule has 3 aromatic rings. The van der Waals surface area contributed by atoms with Crippen LogP contribution in [0.2, 0.25) is 0 Å². The highest BCUT2D eigenvalue weighted by molar-refractivity contribution is 14.1. The Kier molecular flexibility index (Phi) is 5.27. The number of aryl methyl sites for hydroxylation is 2. The molecule has 1 unspecified atom stereocenters. The fraction of sp³-hybridized carbons (Fsp3) is 0.261. The lowest BCUT2D eigenvalue weighted by Crippen LogP contribution is -2.34. The van der Waals surface area contributed by atoms with E-state index in [9.17, 15) is 9.90 Å². The number of rotatable bonds is 3. The Labute approximate surface area is 183 Å². The molecule has 4 N–H and O–H groups in total. The normalized spacial score (nSPS) is 14.7. The first-order chi connectivity index (χ1) is 13.8. The van der Waals surface area contributed by atoms with Crippen LogP contribution in [-0.4, -0.2) is 27.4 Å². The van der Waals surface area contributed by atoms with Crippen LogP contribution >= 0.6 is 22.6 Å². The van der Waals surface area contributed by atoms with Crippen molar-refractivity contribution in [2.24, 2.45) is 5.73 Å². The van der Waals surface area contributed by atoms with E-state index in [-0.39, 0.29) is 5.91 Å². The summed E-state index contributed by atoms with van der Waals surface area (Å²) in [6, 6.07) is 8.27. The van der Waals surface area contributed by atoms with Gasteiger partial charge in [0.2, 0.25) is 5.91 Å². The highest BCUT2D eigenvalue weighted by Gasteiger charge is 2.25. The van der Waals surface area contributed by atoms with Crippen LogP contribution in [0.3, 0.4) is 0 Å². The van der Waals surface area contributed by atoms with Crippen LogP contribution < -0.4 is 5.73 Å². The number of nitrogens with two attached hydrogens (primary N) is 1. The van der Waals surface area contributed by atoms with Crippen molar-refractivity contribution in [2.75, 3.05) is 6.54 Å². The summed E-state index contributed by atoms with van der Waals surface area (Å²) >= 11 is 2.33. The summed E-state index contributed by atoms with van der Waals surface area (Å²) in [5.74, 6) is -0.0311. The highest BCUT2D eigenvalue weighted by atomic mass is 127. The lowest BCUT2D eigenvalue weighted by Gasteiger charge is -2.30. The maximum absolute atomic E-state index is 12.1. The number of aromatic amines is 1. The van der Waals surface area contributed by atoms with Gasteiger partial charge in [0, 0.05) is 38.9 Å². The number of hydrogen-bond acceptors (Lipinski definition) is 3. The van der Waals surface area contributed by atoms with Crippen molar-refractivity contribution in [3.8, 4) is 11.1 Å². The first-order valence-corrected chi connectivity index (χ1v) is 10.7. The Hall–Kier alpha value is -2.16. The molecule has 4 rings (SSSR count). The summed E-state index contributed by atoms with van der Waals surface area (Å²) in [6.07, 6.45) is 1.14. The minimum Gasteiger partial charge on any atom is -0.374 e. The number of hydrogen-bond donors (Lipinski definition) is 3. The summed E-state index contributed by atoms with van der Waals surface area (Å²) in [6.45, 7) is 9.02. The number of aliphatic hydroxyl groups is 1. The number of carbonyl (C=O) groups is 1. The Balaban J connectivity index is 1.96. The van der Waals surface area contributed by atoms with Crippen LogP contribution in [-0.2, 0) is 17.8 Å². The van der Waals surface area contributed by atoms with Crippen molar-refractivity contribution in [1.29, 1.82) is 0 Å². The predicted octanol–water partition coefficient (Wildman–Crippen LogP) is 4.08. The monoisotopic (exact) mass is 501 g/mol. The second-order valence-electron chi connectivity index (χ2n) is 7.55. The third kappa shape index (κ3) is 3.29. The number of aliphatic hydroxyl groups excluding tert-OH is 1. The first kappa shape index (κ1) is 20.1. The van der Waals surface area contributed by atoms with Gasteiger partial charge in [0.25, 0.3) is 0 Å². The van der Waals surface area contributed by atoms with Crippen molar-refractivity contribution in [1.82, 2.24) is 9.88 Å². The van der Waals surface area contributed by atoms with Gasteiger partial charge in [-0.25, -0.2) is 0 Å². The summed E-state index contributed by atoms with van der Waals surface area (Å²) in [4.78, 5) is 17.3. The molecule has 0 bridgehead atoms. The van der Waals surface area contributed by atoms with Crippen LogP contribution in [0.5, 0.6) is 0 Å². The topological polar surface area (TPSA) is 82.3 Å². The number of amides is 1. The number of fused-ring (bicyclic) bond motifs is 2. The summed E-state index contributed by atoms with van der Waals surface area (Å²) in [5, 5.41) is 11.2. The van der Waals surface area contributed by atoms with Crippen LogP contribution in [0.4, 0.5) is 0 Å². The van der Waals surface area contributed by atoms with Gasteiger partial charge in [0.1, 0.15) is 6.23 Å². The molecule has 0 saturated heterocycles. The molecular weight excluding hydrogens is 477 g/mol. The van der Waals surface area contributed by atoms with Crippen molar-refractivity contribution < 1.29 is 9.90 Å². The molecule has 2 aromatic carbocycles. The number of nitrogens with zero attached hydrogens (tertiary/aromatic N) is 1. The Morgan fingerprint density at radius 1 is 1.41 bits per heavy atom. The third-order valence-corrected chi connectivity index (χ3v) is 6.75. The largest absolute Gasteiger partial charge is 0.374 e. The van der Waals surface area contributed by atoms with Crippen LogP contribution in [0.1, 0.15) is 34.2 Å². The number of H-pyrrole nitrogens is 1. The van der Waals surface area contributed by atoms with Gasteiger partial charge >= 0.3 is 0 Å². The van der Waals surface area contributed by atoms with E-state index in [0.29, 0.717) is 18.7 Å². The maximum atomic E-state index is 12.1. The molecule has 6 heteroatoms. The fourth-order valence-electron chi connectivity index (χ4n) is 4.31. The summed E-state index contributed by atoms with van der Waals surface area (Å²) in [7, 11) is 0. The zero-order valence-electron chi connectivity index (χ0n) is 16.6. The van der Waals surface area contributed by atoms with E-state index in [1.165, 1.54) is 22.8 Å². The van der Waals surface area contributed by atoms with Crippen LogP contribution in [0.25, 0.3) is 22.0 Å². The van der Waals surface area contributed by atoms with Crippen molar-refractivity contribution in [3.63, 3.8) is 0 Å². The molecule has 1 aromatic heterocycles. The lowest BCUT2D eigenvalue weighted by atomic mass is 9.88. The number of aromatic nitrogens is 1. The average molecular weight is 501 g/mol. The van der Waals surface area contributed by atoms with Gasteiger partial charge in [-0.05, 0) is 77.3 Å². The lowest BCUT2D eigenvalue weighted by molar-refractivity contribution is -0.126. The Morgan fingerprint density at radius 3 is 2.86 bits per heavy atom. The van der Waals surface area contributed by atoms with Gasteiger partial charge in [-0.2, -0.15) is 0 Å². The van der Waals surface area contributed by atoms with E-state index < -0.39 is 6.23 Å². The zero-order chi connectivity index (χ0) is 20.9. The van der Waals surface area contributed by atoms with Gasteiger partial charge in [0.15, 0.2) is 0 Å². The number of halogens is 1. The van der Waals surface area contributed by atoms with Crippen LogP contribution in [0, 0.1) is 17.4 Å². The molecule has 1 atom stereocenters. The second kappa shape index (κ2) is 7.59. The van der Waals surface area contributed by atoms with Gasteiger partial charge in [-0.1, -0.05) is 24.8 Å². The van der Waals surface area contributed by atoms with E-state index in [1.807, 2.05) is 17.9 Å². The third-order valence-electron chi connectivity index (χ3n) is 5.90. The highest BCUT2D eigenvalue weighted by Crippen LogP contribution is 2.42. The van der Waals surface area contributed by atoms with Gasteiger partial charge in [-0.15, -0.1) is 0 Å². The van der Waals surface area contributed by atoms with Gasteiger partial charge in [-0.3, -0.25) is 4.79 Å². The molecule has 0 saturated carbocycles. The zero-order valence-corrected chi connectivity index (χ0v) is 18.7. The Bertz CT molecular complexity index is 1150. The summed E-state index contributed by atoms with van der Waals surface area (Å²) in [5.41, 5.74) is 14.5. The quantitative estimate of drug-likeness (QED) is 0.288. The molecule has 0 fully saturated rings. The smallest absolute Gasteiger partial charge is 0.246 e. The van der Waals surface area contributed by atoms with E-state index in [0.717, 1.165) is 37.7 Å². The molecule has 5 nitrogen and oxygen atoms in total. The Morgan fingerprint density at radius 2 is 2.17 bits per heavy atom. The number of nitrogens with one attached hydrogen (secondary N) is 1. The molecular formula is C23H24IN3O2. The van der Waals surface area contributed by atoms with Crippen LogP contribution in [0.15, 0.2) is 36.9 Å². The first-order valence-electron chi connectivity index (χ1n) is 9.60. The van der Waals surface area contributed by atoms with E-state index in [2.05, 4.69) is 59.3 Å². The fourth-order valence-corrected chi connectivity index (χ4v) is 5.20. The van der Waals surface area contributed by atoms with E-state index >= 15 is 0 Å². The standard InChI is InChI=1S/C23H24IN3O2/c1-4-19(28)27-9-8-15-14(11-27)6-5-7-16(15)21-18(24)10-17(23(25)29)22-20(21)12(2)13(3)26-22/h4-7,10,23,26,29H,1,8-9,11,25H2,2-3H3. The molecule has 0 aliphatic carbocycles. The molecule has 2 heterocycles. The molecule has 1 aliphatic heterocycles.